The topological polar surface area (TPSA) is 66.4 Å². The molecular formula is C10H11NO3. The molecule has 4 heteroatoms. The average Bonchev–Trinajstić information content (AvgIpc) is 2.45. The molecule has 1 aliphatic rings. The third kappa shape index (κ3) is 1.97. The molecule has 1 aromatic carbocycles. The van der Waals surface area contributed by atoms with Crippen LogP contribution in [-0.2, 0) is 4.79 Å². The van der Waals surface area contributed by atoms with Gasteiger partial charge in [0.2, 0.25) is 0 Å². The molecule has 14 heavy (non-hydrogen) atoms. The number of fused-ring (bicyclic) bond motifs is 1. The minimum atomic E-state index is -0.536. The zero-order valence-corrected chi connectivity index (χ0v) is 7.78. The zero-order chi connectivity index (χ0) is 10.6. The number of anilines is 1. The second kappa shape index (κ2) is 4.53. The molecular weight excluding hydrogens is 182 g/mol. The van der Waals surface area contributed by atoms with Crippen LogP contribution in [0.1, 0.15) is 17.3 Å². The second-order valence-corrected chi connectivity index (χ2v) is 2.65. The lowest BCUT2D eigenvalue weighted by Gasteiger charge is -1.91. The van der Waals surface area contributed by atoms with E-state index in [-0.39, 0.29) is 6.61 Å². The molecule has 2 N–H and O–H groups in total. The molecule has 0 bridgehead atoms. The minimum absolute atomic E-state index is 0.250. The van der Waals surface area contributed by atoms with Gasteiger partial charge in [0, 0.05) is 6.61 Å². The molecule has 0 saturated carbocycles. The summed E-state index contributed by atoms with van der Waals surface area (Å²) in [5.41, 5.74) is 1.08. The SMILES string of the molecule is CCO.O=C1Nc2ccccc2C1=O. The normalized spacial score (nSPS) is 12.7. The van der Waals surface area contributed by atoms with Crippen molar-refractivity contribution >= 4 is 17.4 Å². The lowest BCUT2D eigenvalue weighted by atomic mass is 10.1. The van der Waals surface area contributed by atoms with Crippen LogP contribution in [0.15, 0.2) is 24.3 Å². The Morgan fingerprint density at radius 3 is 2.43 bits per heavy atom. The first-order valence-corrected chi connectivity index (χ1v) is 4.26. The molecule has 1 amide bonds. The number of para-hydroxylation sites is 1. The van der Waals surface area contributed by atoms with Crippen LogP contribution in [-0.4, -0.2) is 23.4 Å². The van der Waals surface area contributed by atoms with Crippen molar-refractivity contribution in [3.8, 4) is 0 Å². The summed E-state index contributed by atoms with van der Waals surface area (Å²) < 4.78 is 0. The maximum Gasteiger partial charge on any atom is 0.296 e. The summed E-state index contributed by atoms with van der Waals surface area (Å²) in [4.78, 5) is 21.8. The van der Waals surface area contributed by atoms with Gasteiger partial charge in [-0.3, -0.25) is 9.59 Å². The molecule has 0 aliphatic carbocycles. The smallest absolute Gasteiger partial charge is 0.296 e. The molecule has 0 aromatic heterocycles. The quantitative estimate of drug-likeness (QED) is 0.599. The molecule has 74 valence electrons. The number of hydrogen-bond donors (Lipinski definition) is 2. The van der Waals surface area contributed by atoms with E-state index in [0.29, 0.717) is 11.3 Å². The van der Waals surface area contributed by atoms with E-state index < -0.39 is 11.7 Å². The van der Waals surface area contributed by atoms with Gasteiger partial charge < -0.3 is 10.4 Å². The Bertz CT molecular complexity index is 360. The van der Waals surface area contributed by atoms with E-state index in [0.717, 1.165) is 0 Å². The lowest BCUT2D eigenvalue weighted by molar-refractivity contribution is -0.112. The van der Waals surface area contributed by atoms with Gasteiger partial charge in [0.15, 0.2) is 0 Å². The first kappa shape index (κ1) is 10.4. The van der Waals surface area contributed by atoms with E-state index in [9.17, 15) is 9.59 Å². The van der Waals surface area contributed by atoms with Crippen molar-refractivity contribution in [1.29, 1.82) is 0 Å². The Balaban J connectivity index is 0.000000293. The molecule has 1 aliphatic heterocycles. The van der Waals surface area contributed by atoms with Crippen molar-refractivity contribution < 1.29 is 14.7 Å². The van der Waals surface area contributed by atoms with Crippen molar-refractivity contribution in [1.82, 2.24) is 0 Å². The summed E-state index contributed by atoms with van der Waals surface area (Å²) in [6.07, 6.45) is 0. The summed E-state index contributed by atoms with van der Waals surface area (Å²) in [7, 11) is 0. The van der Waals surface area contributed by atoms with Gasteiger partial charge >= 0.3 is 0 Å². The second-order valence-electron chi connectivity index (χ2n) is 2.65. The number of carbonyl (C=O) groups excluding carboxylic acids is 2. The van der Waals surface area contributed by atoms with Crippen LogP contribution < -0.4 is 5.32 Å². The van der Waals surface area contributed by atoms with Gasteiger partial charge in [0.1, 0.15) is 0 Å². The largest absolute Gasteiger partial charge is 0.397 e. The zero-order valence-electron chi connectivity index (χ0n) is 7.78. The number of Topliss-reactive ketones (excluding diaryl/α,β-unsaturated/α-hetero) is 1. The third-order valence-corrected chi connectivity index (χ3v) is 1.63. The van der Waals surface area contributed by atoms with Crippen LogP contribution in [0.4, 0.5) is 5.69 Å². The van der Waals surface area contributed by atoms with Crippen molar-refractivity contribution in [2.75, 3.05) is 11.9 Å². The number of hydrogen-bond acceptors (Lipinski definition) is 3. The maximum absolute atomic E-state index is 11.0. The Morgan fingerprint density at radius 1 is 1.29 bits per heavy atom. The Kier molecular flexibility index (Phi) is 3.36. The number of amides is 1. The maximum atomic E-state index is 11.0. The average molecular weight is 193 g/mol. The van der Waals surface area contributed by atoms with Gasteiger partial charge in [-0.25, -0.2) is 0 Å². The Labute approximate surface area is 81.6 Å². The van der Waals surface area contributed by atoms with Gasteiger partial charge in [-0.15, -0.1) is 0 Å². The Hall–Kier alpha value is -1.68. The molecule has 0 fully saturated rings. The van der Waals surface area contributed by atoms with Gasteiger partial charge in [0.05, 0.1) is 11.3 Å². The van der Waals surface area contributed by atoms with Crippen molar-refractivity contribution in [3.05, 3.63) is 29.8 Å². The molecule has 0 atom stereocenters. The summed E-state index contributed by atoms with van der Waals surface area (Å²) in [6.45, 7) is 1.93. The number of nitrogens with one attached hydrogen (secondary N) is 1. The van der Waals surface area contributed by atoms with Crippen molar-refractivity contribution in [2.45, 2.75) is 6.92 Å². The van der Waals surface area contributed by atoms with E-state index in [2.05, 4.69) is 5.32 Å². The molecule has 1 heterocycles. The monoisotopic (exact) mass is 193 g/mol. The number of ketones is 1. The molecule has 4 nitrogen and oxygen atoms in total. The van der Waals surface area contributed by atoms with E-state index in [1.165, 1.54) is 0 Å². The number of carbonyl (C=O) groups is 2. The highest BCUT2D eigenvalue weighted by Crippen LogP contribution is 2.21. The highest BCUT2D eigenvalue weighted by Gasteiger charge is 2.26. The summed E-state index contributed by atoms with van der Waals surface area (Å²) in [5.74, 6) is -0.980. The van der Waals surface area contributed by atoms with Crippen molar-refractivity contribution in [3.63, 3.8) is 0 Å². The molecule has 0 unspecified atom stereocenters. The van der Waals surface area contributed by atoms with Gasteiger partial charge in [0.25, 0.3) is 11.7 Å². The summed E-state index contributed by atoms with van der Waals surface area (Å²) >= 11 is 0. The molecule has 0 spiro atoms. The van der Waals surface area contributed by atoms with Gasteiger partial charge in [-0.05, 0) is 19.1 Å². The van der Waals surface area contributed by atoms with Crippen LogP contribution in [0.2, 0.25) is 0 Å². The first-order valence-electron chi connectivity index (χ1n) is 4.26. The highest BCUT2D eigenvalue weighted by molar-refractivity contribution is 6.51. The highest BCUT2D eigenvalue weighted by atomic mass is 16.2. The fourth-order valence-electron chi connectivity index (χ4n) is 1.09. The predicted octanol–water partition coefficient (Wildman–Crippen LogP) is 0.820. The van der Waals surface area contributed by atoms with Crippen LogP contribution >= 0.6 is 0 Å². The van der Waals surface area contributed by atoms with E-state index in [1.54, 1.807) is 31.2 Å². The van der Waals surface area contributed by atoms with Crippen LogP contribution in [0, 0.1) is 0 Å². The molecule has 0 radical (unpaired) electrons. The molecule has 0 saturated heterocycles. The van der Waals surface area contributed by atoms with E-state index >= 15 is 0 Å². The first-order chi connectivity index (χ1) is 6.70. The minimum Gasteiger partial charge on any atom is -0.397 e. The van der Waals surface area contributed by atoms with Crippen LogP contribution in [0.3, 0.4) is 0 Å². The predicted molar refractivity (Wildman–Crippen MR) is 52.2 cm³/mol. The van der Waals surface area contributed by atoms with Crippen molar-refractivity contribution in [2.24, 2.45) is 0 Å². The fraction of sp³-hybridized carbons (Fsp3) is 0.200. The van der Waals surface area contributed by atoms with Crippen LogP contribution in [0.5, 0.6) is 0 Å². The number of aliphatic hydroxyl groups is 1. The fourth-order valence-corrected chi connectivity index (χ4v) is 1.09. The van der Waals surface area contributed by atoms with E-state index in [4.69, 9.17) is 5.11 Å². The summed E-state index contributed by atoms with van der Waals surface area (Å²) in [6, 6.07) is 6.85. The number of rotatable bonds is 0. The molecule has 2 rings (SSSR count). The van der Waals surface area contributed by atoms with Gasteiger partial charge in [-0.1, -0.05) is 12.1 Å². The van der Waals surface area contributed by atoms with Gasteiger partial charge in [-0.2, -0.15) is 0 Å². The molecule has 1 aromatic rings. The summed E-state index contributed by atoms with van der Waals surface area (Å²) in [5, 5.41) is 10.0. The lowest BCUT2D eigenvalue weighted by Crippen LogP contribution is -2.12. The standard InChI is InChI=1S/C8H5NO2.C2H6O/c10-7-5-3-1-2-4-6(5)9-8(7)11;1-2-3/h1-4H,(H,9,10,11);3H,2H2,1H3. The number of benzene rings is 1. The van der Waals surface area contributed by atoms with E-state index in [1.807, 2.05) is 0 Å². The number of aliphatic hydroxyl groups excluding tert-OH is 1. The third-order valence-electron chi connectivity index (χ3n) is 1.63. The Morgan fingerprint density at radius 2 is 1.86 bits per heavy atom. The van der Waals surface area contributed by atoms with Crippen LogP contribution in [0.25, 0.3) is 0 Å².